The van der Waals surface area contributed by atoms with Crippen LogP contribution in [0.25, 0.3) is 10.9 Å². The van der Waals surface area contributed by atoms with Gasteiger partial charge in [0.1, 0.15) is 5.69 Å². The van der Waals surface area contributed by atoms with E-state index in [1.54, 1.807) is 19.2 Å². The van der Waals surface area contributed by atoms with Gasteiger partial charge >= 0.3 is 5.97 Å². The van der Waals surface area contributed by atoms with Crippen LogP contribution in [0.1, 0.15) is 47.1 Å². The third-order valence-electron chi connectivity index (χ3n) is 5.16. The summed E-state index contributed by atoms with van der Waals surface area (Å²) in [5, 5.41) is 5.66. The maximum absolute atomic E-state index is 12.1. The van der Waals surface area contributed by atoms with Crippen molar-refractivity contribution in [3.8, 4) is 11.6 Å². The number of hydrogen-bond acceptors (Lipinski definition) is 7. The second kappa shape index (κ2) is 8.12. The SMILES string of the molecule is COC(=O)c1cc(C)nc(Oc2c(Cl)c(C)cc3c2cnn3C2CCCCO2)c1N. The second-order valence-electron chi connectivity index (χ2n) is 7.30. The first-order chi connectivity index (χ1) is 14.4. The maximum Gasteiger partial charge on any atom is 0.340 e. The molecule has 1 fully saturated rings. The molecular formula is C21H23ClN4O4. The summed E-state index contributed by atoms with van der Waals surface area (Å²) in [7, 11) is 1.29. The summed E-state index contributed by atoms with van der Waals surface area (Å²) in [5.41, 5.74) is 8.65. The van der Waals surface area contributed by atoms with Crippen molar-refractivity contribution < 1.29 is 19.0 Å². The van der Waals surface area contributed by atoms with Crippen LogP contribution in [0.15, 0.2) is 18.3 Å². The molecule has 0 aliphatic carbocycles. The number of pyridine rings is 1. The number of nitrogens with zero attached hydrogens (tertiary/aromatic N) is 3. The molecule has 0 radical (unpaired) electrons. The van der Waals surface area contributed by atoms with Crippen LogP contribution in [0.3, 0.4) is 0 Å². The van der Waals surface area contributed by atoms with Gasteiger partial charge in [-0.3, -0.25) is 0 Å². The molecule has 2 aromatic heterocycles. The van der Waals surface area contributed by atoms with E-state index in [2.05, 4.69) is 10.1 Å². The monoisotopic (exact) mass is 430 g/mol. The van der Waals surface area contributed by atoms with Crippen molar-refractivity contribution in [2.75, 3.05) is 19.5 Å². The highest BCUT2D eigenvalue weighted by atomic mass is 35.5. The first-order valence-corrected chi connectivity index (χ1v) is 10.1. The third-order valence-corrected chi connectivity index (χ3v) is 5.63. The molecule has 4 rings (SSSR count). The van der Waals surface area contributed by atoms with Gasteiger partial charge in [0.2, 0.25) is 5.88 Å². The number of rotatable bonds is 4. The van der Waals surface area contributed by atoms with Gasteiger partial charge in [-0.2, -0.15) is 5.10 Å². The molecule has 2 N–H and O–H groups in total. The number of aryl methyl sites for hydroxylation is 2. The normalized spacial score (nSPS) is 16.6. The van der Waals surface area contributed by atoms with E-state index in [0.717, 1.165) is 30.3 Å². The van der Waals surface area contributed by atoms with E-state index in [9.17, 15) is 4.79 Å². The van der Waals surface area contributed by atoms with Crippen molar-refractivity contribution in [1.29, 1.82) is 0 Å². The van der Waals surface area contributed by atoms with Crippen molar-refractivity contribution in [1.82, 2.24) is 14.8 Å². The molecule has 1 aliphatic rings. The third kappa shape index (κ3) is 3.57. The standard InChI is InChI=1S/C21H23ClN4O4/c1-11-8-15-14(10-24-26(15)16-6-4-5-7-29-16)19(17(11)22)30-20-18(23)13(21(27)28-3)9-12(2)25-20/h8-10,16H,4-7,23H2,1-3H3. The van der Waals surface area contributed by atoms with E-state index in [-0.39, 0.29) is 23.4 Å². The molecule has 1 saturated heterocycles. The van der Waals surface area contributed by atoms with E-state index in [4.69, 9.17) is 31.5 Å². The smallest absolute Gasteiger partial charge is 0.340 e. The Labute approximate surface area is 178 Å². The lowest BCUT2D eigenvalue weighted by Crippen LogP contribution is -2.19. The maximum atomic E-state index is 12.1. The van der Waals surface area contributed by atoms with E-state index in [0.29, 0.717) is 28.5 Å². The Balaban J connectivity index is 1.82. The van der Waals surface area contributed by atoms with Gasteiger partial charge in [-0.05, 0) is 50.8 Å². The number of benzene rings is 1. The van der Waals surface area contributed by atoms with Crippen LogP contribution in [-0.2, 0) is 9.47 Å². The summed E-state index contributed by atoms with van der Waals surface area (Å²) in [6.45, 7) is 4.34. The zero-order chi connectivity index (χ0) is 21.4. The Kier molecular flexibility index (Phi) is 5.53. The van der Waals surface area contributed by atoms with Gasteiger partial charge < -0.3 is 19.9 Å². The molecule has 0 spiro atoms. The van der Waals surface area contributed by atoms with E-state index in [1.807, 2.05) is 17.7 Å². The molecule has 0 amide bonds. The minimum Gasteiger partial charge on any atom is -0.465 e. The number of carbonyl (C=O) groups is 1. The van der Waals surface area contributed by atoms with E-state index in [1.165, 1.54) is 7.11 Å². The van der Waals surface area contributed by atoms with Crippen molar-refractivity contribution in [3.05, 3.63) is 40.2 Å². The minimum atomic E-state index is -0.564. The molecule has 9 heteroatoms. The van der Waals surface area contributed by atoms with Crippen LogP contribution in [-0.4, -0.2) is 34.5 Å². The fourth-order valence-corrected chi connectivity index (χ4v) is 3.80. The fourth-order valence-electron chi connectivity index (χ4n) is 3.61. The first kappa shape index (κ1) is 20.4. The molecular weight excluding hydrogens is 408 g/mol. The van der Waals surface area contributed by atoms with Crippen molar-refractivity contribution in [2.24, 2.45) is 0 Å². The lowest BCUT2D eigenvalue weighted by Gasteiger charge is -2.23. The highest BCUT2D eigenvalue weighted by Crippen LogP contribution is 2.41. The largest absolute Gasteiger partial charge is 0.465 e. The molecule has 8 nitrogen and oxygen atoms in total. The summed E-state index contributed by atoms with van der Waals surface area (Å²) in [4.78, 5) is 16.4. The minimum absolute atomic E-state index is 0.0844. The molecule has 158 valence electrons. The summed E-state index contributed by atoms with van der Waals surface area (Å²) in [6.07, 6.45) is 4.60. The number of nitrogens with two attached hydrogens (primary N) is 1. The Morgan fingerprint density at radius 2 is 2.13 bits per heavy atom. The number of carbonyl (C=O) groups excluding carboxylic acids is 1. The topological polar surface area (TPSA) is 101 Å². The van der Waals surface area contributed by atoms with E-state index >= 15 is 0 Å². The van der Waals surface area contributed by atoms with Gasteiger partial charge in [0, 0.05) is 12.3 Å². The second-order valence-corrected chi connectivity index (χ2v) is 7.68. The number of esters is 1. The average Bonchev–Trinajstić information content (AvgIpc) is 3.16. The Morgan fingerprint density at radius 3 is 2.83 bits per heavy atom. The zero-order valence-electron chi connectivity index (χ0n) is 17.1. The number of halogens is 1. The van der Waals surface area contributed by atoms with Crippen LogP contribution in [0.5, 0.6) is 11.6 Å². The Hall–Kier alpha value is -2.84. The molecule has 1 unspecified atom stereocenters. The van der Waals surface area contributed by atoms with Crippen LogP contribution in [0, 0.1) is 13.8 Å². The molecule has 0 saturated carbocycles. The fraction of sp³-hybridized carbons (Fsp3) is 0.381. The van der Waals surface area contributed by atoms with Gasteiger partial charge in [0.05, 0.1) is 34.8 Å². The predicted molar refractivity (Wildman–Crippen MR) is 113 cm³/mol. The number of fused-ring (bicyclic) bond motifs is 1. The number of anilines is 1. The number of ether oxygens (including phenoxy) is 3. The lowest BCUT2D eigenvalue weighted by atomic mass is 10.1. The molecule has 0 bridgehead atoms. The zero-order valence-corrected chi connectivity index (χ0v) is 17.8. The average molecular weight is 431 g/mol. The molecule has 1 aromatic carbocycles. The summed E-state index contributed by atoms with van der Waals surface area (Å²) in [5.74, 6) is -0.0918. The Bertz CT molecular complexity index is 1120. The quantitative estimate of drug-likeness (QED) is 0.605. The van der Waals surface area contributed by atoms with Crippen molar-refractivity contribution in [3.63, 3.8) is 0 Å². The van der Waals surface area contributed by atoms with Gasteiger partial charge in [-0.1, -0.05) is 11.6 Å². The molecule has 3 aromatic rings. The van der Waals surface area contributed by atoms with Gasteiger partial charge in [-0.15, -0.1) is 0 Å². The van der Waals surface area contributed by atoms with Crippen molar-refractivity contribution in [2.45, 2.75) is 39.3 Å². The van der Waals surface area contributed by atoms with Crippen LogP contribution in [0.2, 0.25) is 5.02 Å². The summed E-state index contributed by atoms with van der Waals surface area (Å²) in [6, 6.07) is 3.52. The van der Waals surface area contributed by atoms with Crippen LogP contribution < -0.4 is 10.5 Å². The van der Waals surface area contributed by atoms with Crippen molar-refractivity contribution >= 4 is 34.2 Å². The Morgan fingerprint density at radius 1 is 1.33 bits per heavy atom. The van der Waals surface area contributed by atoms with Gasteiger partial charge in [-0.25, -0.2) is 14.5 Å². The molecule has 30 heavy (non-hydrogen) atoms. The summed E-state index contributed by atoms with van der Waals surface area (Å²) >= 11 is 6.59. The first-order valence-electron chi connectivity index (χ1n) is 9.72. The van der Waals surface area contributed by atoms with Crippen LogP contribution in [0.4, 0.5) is 5.69 Å². The van der Waals surface area contributed by atoms with Crippen LogP contribution >= 0.6 is 11.6 Å². The highest BCUT2D eigenvalue weighted by Gasteiger charge is 2.24. The van der Waals surface area contributed by atoms with Gasteiger partial charge in [0.25, 0.3) is 0 Å². The number of methoxy groups -OCH3 is 1. The number of nitrogen functional groups attached to an aromatic ring is 1. The lowest BCUT2D eigenvalue weighted by molar-refractivity contribution is -0.0366. The predicted octanol–water partition coefficient (Wildman–Crippen LogP) is 4.56. The summed E-state index contributed by atoms with van der Waals surface area (Å²) < 4.78 is 18.6. The highest BCUT2D eigenvalue weighted by molar-refractivity contribution is 6.34. The molecule has 1 atom stereocenters. The number of aromatic nitrogens is 3. The van der Waals surface area contributed by atoms with E-state index < -0.39 is 5.97 Å². The van der Waals surface area contributed by atoms with Gasteiger partial charge in [0.15, 0.2) is 12.0 Å². The molecule has 3 heterocycles. The number of hydrogen-bond donors (Lipinski definition) is 1. The molecule has 1 aliphatic heterocycles.